The predicted molar refractivity (Wildman–Crippen MR) is 54.4 cm³/mol. The molecule has 0 aliphatic heterocycles. The van der Waals surface area contributed by atoms with Crippen molar-refractivity contribution in [2.45, 2.75) is 12.3 Å². The van der Waals surface area contributed by atoms with Crippen molar-refractivity contribution in [3.63, 3.8) is 0 Å². The molecule has 94 valence electrons. The maximum Gasteiger partial charge on any atom is 0.417 e. The lowest BCUT2D eigenvalue weighted by Crippen LogP contribution is -2.34. The zero-order valence-electron chi connectivity index (χ0n) is 8.37. The number of halogens is 4. The number of hydrogen-bond donors (Lipinski definition) is 1. The van der Waals surface area contributed by atoms with Gasteiger partial charge in [0.25, 0.3) is 0 Å². The first-order chi connectivity index (χ1) is 7.84. The molecule has 1 aromatic rings. The number of aldehydes is 1. The van der Waals surface area contributed by atoms with Gasteiger partial charge < -0.3 is 9.84 Å². The van der Waals surface area contributed by atoms with Gasteiger partial charge in [0.05, 0.1) is 5.02 Å². The van der Waals surface area contributed by atoms with E-state index in [9.17, 15) is 18.0 Å². The van der Waals surface area contributed by atoms with E-state index in [0.717, 1.165) is 0 Å². The largest absolute Gasteiger partial charge is 0.489 e. The van der Waals surface area contributed by atoms with Gasteiger partial charge >= 0.3 is 6.18 Å². The first-order valence-electron chi connectivity index (χ1n) is 4.47. The molecule has 0 aliphatic carbocycles. The molecule has 0 heterocycles. The molecule has 0 aliphatic rings. The summed E-state index contributed by atoms with van der Waals surface area (Å²) in [6.45, 7) is -0.955. The van der Waals surface area contributed by atoms with Crippen molar-refractivity contribution in [1.29, 1.82) is 0 Å². The molecule has 3 nitrogen and oxygen atoms in total. The Bertz CT molecular complexity index is 406. The van der Waals surface area contributed by atoms with Crippen LogP contribution in [-0.4, -0.2) is 30.3 Å². The van der Waals surface area contributed by atoms with E-state index in [0.29, 0.717) is 6.29 Å². The molecule has 17 heavy (non-hydrogen) atoms. The monoisotopic (exact) mass is 268 g/mol. The van der Waals surface area contributed by atoms with Crippen LogP contribution in [0.4, 0.5) is 13.2 Å². The fraction of sp³-hybridized carbons (Fsp3) is 0.300. The molecule has 1 atom stereocenters. The van der Waals surface area contributed by atoms with Gasteiger partial charge in [0.2, 0.25) is 0 Å². The molecular weight excluding hydrogens is 261 g/mol. The van der Waals surface area contributed by atoms with Crippen LogP contribution in [-0.2, 0) is 0 Å². The first kappa shape index (κ1) is 13.8. The molecule has 0 saturated heterocycles. The van der Waals surface area contributed by atoms with Crippen molar-refractivity contribution in [3.05, 3.63) is 28.8 Å². The molecular formula is C10H8ClF3O3. The SMILES string of the molecule is O=Cc1ccc(OCC(O)C(F)(F)F)c(Cl)c1. The van der Waals surface area contributed by atoms with Crippen molar-refractivity contribution in [3.8, 4) is 5.75 Å². The van der Waals surface area contributed by atoms with Crippen LogP contribution in [0.2, 0.25) is 5.02 Å². The third kappa shape index (κ3) is 3.90. The first-order valence-corrected chi connectivity index (χ1v) is 4.84. The molecule has 1 N–H and O–H groups in total. The summed E-state index contributed by atoms with van der Waals surface area (Å²) in [5.41, 5.74) is 0.277. The van der Waals surface area contributed by atoms with Gasteiger partial charge in [-0.25, -0.2) is 0 Å². The summed E-state index contributed by atoms with van der Waals surface area (Å²) in [6.07, 6.45) is -6.78. The minimum Gasteiger partial charge on any atom is -0.489 e. The Morgan fingerprint density at radius 1 is 1.47 bits per heavy atom. The molecule has 0 bridgehead atoms. The Kier molecular flexibility index (Phi) is 4.36. The van der Waals surface area contributed by atoms with Crippen molar-refractivity contribution >= 4 is 17.9 Å². The second kappa shape index (κ2) is 5.37. The van der Waals surface area contributed by atoms with E-state index in [2.05, 4.69) is 0 Å². The van der Waals surface area contributed by atoms with Crippen LogP contribution in [0.3, 0.4) is 0 Å². The highest BCUT2D eigenvalue weighted by atomic mass is 35.5. The van der Waals surface area contributed by atoms with Crippen molar-refractivity contribution < 1.29 is 27.8 Å². The number of alkyl halides is 3. The van der Waals surface area contributed by atoms with Crippen LogP contribution in [0.25, 0.3) is 0 Å². The maximum atomic E-state index is 12.0. The third-order valence-electron chi connectivity index (χ3n) is 1.87. The van der Waals surface area contributed by atoms with E-state index < -0.39 is 18.9 Å². The lowest BCUT2D eigenvalue weighted by Gasteiger charge is -2.15. The van der Waals surface area contributed by atoms with Gasteiger partial charge in [-0.3, -0.25) is 4.79 Å². The van der Waals surface area contributed by atoms with E-state index >= 15 is 0 Å². The third-order valence-corrected chi connectivity index (χ3v) is 2.16. The molecule has 1 rings (SSSR count). The molecule has 7 heteroatoms. The minimum atomic E-state index is -4.74. The number of ether oxygens (including phenoxy) is 1. The molecule has 0 amide bonds. The molecule has 0 spiro atoms. The molecule has 0 aromatic heterocycles. The summed E-state index contributed by atoms with van der Waals surface area (Å²) in [4.78, 5) is 10.4. The summed E-state index contributed by atoms with van der Waals surface area (Å²) in [6, 6.07) is 3.85. The Hall–Kier alpha value is -1.27. The smallest absolute Gasteiger partial charge is 0.417 e. The Balaban J connectivity index is 2.67. The highest BCUT2D eigenvalue weighted by Gasteiger charge is 2.38. The maximum absolute atomic E-state index is 12.0. The van der Waals surface area contributed by atoms with Gasteiger partial charge in [-0.1, -0.05) is 11.6 Å². The Morgan fingerprint density at radius 2 is 2.12 bits per heavy atom. The lowest BCUT2D eigenvalue weighted by molar-refractivity contribution is -0.210. The van der Waals surface area contributed by atoms with Gasteiger partial charge in [0.15, 0.2) is 6.10 Å². The van der Waals surface area contributed by atoms with E-state index in [1.807, 2.05) is 0 Å². The van der Waals surface area contributed by atoms with Crippen molar-refractivity contribution in [2.75, 3.05) is 6.61 Å². The minimum absolute atomic E-state index is 0.00368. The number of benzene rings is 1. The number of hydrogen-bond acceptors (Lipinski definition) is 3. The highest BCUT2D eigenvalue weighted by Crippen LogP contribution is 2.26. The normalized spacial score (nSPS) is 13.2. The summed E-state index contributed by atoms with van der Waals surface area (Å²) in [5, 5.41) is 8.69. The van der Waals surface area contributed by atoms with Crippen molar-refractivity contribution in [1.82, 2.24) is 0 Å². The van der Waals surface area contributed by atoms with Crippen LogP contribution < -0.4 is 4.74 Å². The van der Waals surface area contributed by atoms with E-state index in [1.54, 1.807) is 0 Å². The average Bonchev–Trinajstić information content (AvgIpc) is 2.25. The molecule has 1 aromatic carbocycles. The van der Waals surface area contributed by atoms with Crippen LogP contribution in [0, 0.1) is 0 Å². The quantitative estimate of drug-likeness (QED) is 0.853. The second-order valence-electron chi connectivity index (χ2n) is 3.18. The molecule has 1 unspecified atom stereocenters. The van der Waals surface area contributed by atoms with Crippen LogP contribution >= 0.6 is 11.6 Å². The van der Waals surface area contributed by atoms with Crippen LogP contribution in [0.5, 0.6) is 5.75 Å². The summed E-state index contributed by atoms with van der Waals surface area (Å²) in [5.74, 6) is -0.0273. The second-order valence-corrected chi connectivity index (χ2v) is 3.58. The topological polar surface area (TPSA) is 46.5 Å². The Morgan fingerprint density at radius 3 is 2.59 bits per heavy atom. The summed E-state index contributed by atoms with van der Waals surface area (Å²) in [7, 11) is 0. The zero-order chi connectivity index (χ0) is 13.1. The predicted octanol–water partition coefficient (Wildman–Crippen LogP) is 2.45. The average molecular weight is 269 g/mol. The number of carbonyl (C=O) groups excluding carboxylic acids is 1. The van der Waals surface area contributed by atoms with Crippen LogP contribution in [0.1, 0.15) is 10.4 Å². The summed E-state index contributed by atoms with van der Waals surface area (Å²) < 4.78 is 40.6. The van der Waals surface area contributed by atoms with Gasteiger partial charge in [-0.05, 0) is 18.2 Å². The number of rotatable bonds is 4. The zero-order valence-corrected chi connectivity index (χ0v) is 9.13. The number of carbonyl (C=O) groups is 1. The number of aliphatic hydroxyl groups is 1. The van der Waals surface area contributed by atoms with Gasteiger partial charge in [-0.2, -0.15) is 13.2 Å². The van der Waals surface area contributed by atoms with Crippen LogP contribution in [0.15, 0.2) is 18.2 Å². The van der Waals surface area contributed by atoms with E-state index in [1.165, 1.54) is 18.2 Å². The highest BCUT2D eigenvalue weighted by molar-refractivity contribution is 6.32. The van der Waals surface area contributed by atoms with E-state index in [-0.39, 0.29) is 16.3 Å². The number of aliphatic hydroxyl groups excluding tert-OH is 1. The van der Waals surface area contributed by atoms with Gasteiger partial charge in [0.1, 0.15) is 18.6 Å². The van der Waals surface area contributed by atoms with Crippen molar-refractivity contribution in [2.24, 2.45) is 0 Å². The fourth-order valence-electron chi connectivity index (χ4n) is 0.971. The van der Waals surface area contributed by atoms with E-state index in [4.69, 9.17) is 21.4 Å². The fourth-order valence-corrected chi connectivity index (χ4v) is 1.21. The molecule has 0 radical (unpaired) electrons. The van der Waals surface area contributed by atoms with Gasteiger partial charge in [0, 0.05) is 5.56 Å². The summed E-state index contributed by atoms with van der Waals surface area (Å²) >= 11 is 5.66. The van der Waals surface area contributed by atoms with Gasteiger partial charge in [-0.15, -0.1) is 0 Å². The Labute approximate surface area is 99.8 Å². The standard InChI is InChI=1S/C10H8ClF3O3/c11-7-3-6(4-15)1-2-8(7)17-5-9(16)10(12,13)14/h1-4,9,16H,5H2. The lowest BCUT2D eigenvalue weighted by atomic mass is 10.2. The molecule has 0 saturated carbocycles. The molecule has 0 fully saturated rings.